The molecule has 0 amide bonds. The molecule has 6 rings (SSSR count). The predicted molar refractivity (Wildman–Crippen MR) is 159 cm³/mol. The van der Waals surface area contributed by atoms with Crippen molar-refractivity contribution >= 4 is 32.3 Å². The number of sulfonamides is 1. The molecule has 43 heavy (non-hydrogen) atoms. The summed E-state index contributed by atoms with van der Waals surface area (Å²) >= 11 is 0. The zero-order valence-corrected chi connectivity index (χ0v) is 24.9. The van der Waals surface area contributed by atoms with E-state index in [2.05, 4.69) is 46.7 Å². The van der Waals surface area contributed by atoms with Crippen molar-refractivity contribution in [2.75, 3.05) is 44.5 Å². The van der Waals surface area contributed by atoms with Crippen molar-refractivity contribution in [3.63, 3.8) is 0 Å². The van der Waals surface area contributed by atoms with Crippen molar-refractivity contribution < 1.29 is 26.3 Å². The predicted octanol–water partition coefficient (Wildman–Crippen LogP) is 3.62. The number of fused-ring (bicyclic) bond motifs is 2. The molecule has 9 nitrogen and oxygen atoms in total. The van der Waals surface area contributed by atoms with Gasteiger partial charge in [-0.1, -0.05) is 12.0 Å². The van der Waals surface area contributed by atoms with Crippen LogP contribution in [0, 0.1) is 29.6 Å². The van der Waals surface area contributed by atoms with Crippen molar-refractivity contribution in [3.05, 3.63) is 48.2 Å². The van der Waals surface area contributed by atoms with Crippen LogP contribution in [-0.2, 0) is 16.6 Å². The van der Waals surface area contributed by atoms with E-state index in [0.717, 1.165) is 25.3 Å². The number of aromatic nitrogens is 1. The van der Waals surface area contributed by atoms with Gasteiger partial charge in [0.25, 0.3) is 0 Å². The summed E-state index contributed by atoms with van der Waals surface area (Å²) in [5.41, 5.74) is 1.84. The summed E-state index contributed by atoms with van der Waals surface area (Å²) in [7, 11) is -0.411. The first-order valence-corrected chi connectivity index (χ1v) is 15.7. The number of hydrogen-bond donors (Lipinski definition) is 4. The molecule has 3 fully saturated rings. The van der Waals surface area contributed by atoms with Crippen molar-refractivity contribution in [1.29, 1.82) is 0 Å². The number of ether oxygens (including phenoxy) is 1. The first-order valence-electron chi connectivity index (χ1n) is 14.1. The zero-order chi connectivity index (χ0) is 30.7. The second kappa shape index (κ2) is 10.6. The molecule has 0 spiro atoms. The van der Waals surface area contributed by atoms with Crippen LogP contribution in [0.2, 0.25) is 0 Å². The van der Waals surface area contributed by atoms with Crippen LogP contribution < -0.4 is 25.8 Å². The van der Waals surface area contributed by atoms with E-state index in [9.17, 15) is 21.6 Å². The molecule has 1 aromatic heterocycles. The standard InChI is InChI=1S/C30H35F3N6O3S/c1-29(21-11-13-38(2)17-36-28-26(21)27(28)29)37-22-7-4-8-24-20(22)14-18(39(24)16-30(31,32)33)6-5-12-35-23-10-9-19(43(34,40)41)15-25(23)42-3/h4,7-10,14-15,21,26-28,35-37H,11-13,16-17H2,1-3H3,(H2,34,40,41)/t21-,26+,27+,28?,29-/m0/s1. The lowest BCUT2D eigenvalue weighted by Gasteiger charge is -2.48. The Bertz CT molecular complexity index is 1730. The number of methoxy groups -OCH3 is 1. The minimum Gasteiger partial charge on any atom is -0.495 e. The quantitative estimate of drug-likeness (QED) is 0.300. The van der Waals surface area contributed by atoms with E-state index < -0.39 is 22.7 Å². The van der Waals surface area contributed by atoms with Gasteiger partial charge in [-0.25, -0.2) is 13.6 Å². The van der Waals surface area contributed by atoms with Gasteiger partial charge in [0, 0.05) is 41.3 Å². The molecule has 5 atom stereocenters. The maximum absolute atomic E-state index is 13.7. The highest BCUT2D eigenvalue weighted by atomic mass is 32.2. The number of rotatable bonds is 7. The Morgan fingerprint density at radius 3 is 2.72 bits per heavy atom. The van der Waals surface area contributed by atoms with Gasteiger partial charge < -0.3 is 25.3 Å². The molecule has 2 aliphatic carbocycles. The summed E-state index contributed by atoms with van der Waals surface area (Å²) < 4.78 is 70.9. The molecule has 13 heteroatoms. The van der Waals surface area contributed by atoms with Crippen LogP contribution in [0.15, 0.2) is 47.4 Å². The molecule has 0 radical (unpaired) electrons. The number of nitrogens with zero attached hydrogens (tertiary/aromatic N) is 2. The lowest BCUT2D eigenvalue weighted by molar-refractivity contribution is -0.140. The van der Waals surface area contributed by atoms with Crippen molar-refractivity contribution in [3.8, 4) is 17.6 Å². The Morgan fingerprint density at radius 2 is 2.00 bits per heavy atom. The van der Waals surface area contributed by atoms with Crippen molar-refractivity contribution in [2.24, 2.45) is 22.9 Å². The molecule has 0 bridgehead atoms. The SMILES string of the molecule is COc1cc(S(N)(=O)=O)ccc1NCC#Cc1cc2c(N[C@@]3(C)[C@H]4CCN(C)CNC5[C@H]4[C@H]53)cccc2n1CC(F)(F)F. The Morgan fingerprint density at radius 1 is 1.21 bits per heavy atom. The Hall–Kier alpha value is -3.44. The average Bonchev–Trinajstić information content (AvgIpc) is 3.46. The normalized spacial score (nSPS) is 26.8. The summed E-state index contributed by atoms with van der Waals surface area (Å²) in [6.45, 7) is 3.01. The zero-order valence-electron chi connectivity index (χ0n) is 24.1. The summed E-state index contributed by atoms with van der Waals surface area (Å²) in [5, 5.41) is 16.4. The third kappa shape index (κ3) is 5.53. The maximum atomic E-state index is 13.7. The average molecular weight is 617 g/mol. The number of anilines is 2. The molecule has 2 heterocycles. The number of benzene rings is 2. The van der Waals surface area contributed by atoms with Gasteiger partial charge in [0.05, 0.1) is 35.4 Å². The molecular weight excluding hydrogens is 581 g/mol. The number of halogens is 3. The lowest BCUT2D eigenvalue weighted by Crippen LogP contribution is -2.54. The molecule has 230 valence electrons. The van der Waals surface area contributed by atoms with E-state index in [1.807, 2.05) is 6.07 Å². The highest BCUT2D eigenvalue weighted by molar-refractivity contribution is 7.89. The fraction of sp³-hybridized carbons (Fsp3) is 0.467. The van der Waals surface area contributed by atoms with Gasteiger partial charge in [0.15, 0.2) is 0 Å². The number of nitrogens with one attached hydrogen (secondary N) is 3. The van der Waals surface area contributed by atoms with Crippen LogP contribution in [0.4, 0.5) is 24.5 Å². The molecule has 5 N–H and O–H groups in total. The van der Waals surface area contributed by atoms with Gasteiger partial charge in [-0.3, -0.25) is 4.90 Å². The first-order chi connectivity index (χ1) is 20.3. The van der Waals surface area contributed by atoms with Gasteiger partial charge in [-0.2, -0.15) is 13.2 Å². The molecule has 3 aliphatic rings. The topological polar surface area (TPSA) is 114 Å². The fourth-order valence-electron chi connectivity index (χ4n) is 7.17. The number of alkyl halides is 3. The van der Waals surface area contributed by atoms with Gasteiger partial charge in [0.2, 0.25) is 10.0 Å². The Labute approximate surface area is 249 Å². The Balaban J connectivity index is 1.27. The summed E-state index contributed by atoms with van der Waals surface area (Å²) in [6.07, 6.45) is -3.36. The summed E-state index contributed by atoms with van der Waals surface area (Å²) in [5.74, 6) is 7.67. The van der Waals surface area contributed by atoms with Crippen LogP contribution in [0.3, 0.4) is 0 Å². The van der Waals surface area contributed by atoms with E-state index in [1.165, 1.54) is 29.9 Å². The summed E-state index contributed by atoms with van der Waals surface area (Å²) in [4.78, 5) is 2.19. The minimum atomic E-state index is -4.44. The van der Waals surface area contributed by atoms with Crippen molar-refractivity contribution in [2.45, 2.75) is 42.5 Å². The van der Waals surface area contributed by atoms with Gasteiger partial charge in [-0.15, -0.1) is 0 Å². The highest BCUT2D eigenvalue weighted by Gasteiger charge is 2.75. The van der Waals surface area contributed by atoms with Crippen LogP contribution in [-0.4, -0.2) is 69.6 Å². The molecule has 1 unspecified atom stereocenters. The third-order valence-corrected chi connectivity index (χ3v) is 10.1. The molecule has 1 saturated heterocycles. The second-order valence-corrected chi connectivity index (χ2v) is 13.5. The first kappa shape index (κ1) is 29.6. The van der Waals surface area contributed by atoms with Gasteiger partial charge in [0.1, 0.15) is 12.3 Å². The monoisotopic (exact) mass is 616 g/mol. The molecular formula is C30H35F3N6O3S. The summed E-state index contributed by atoms with van der Waals surface area (Å²) in [6, 6.07) is 11.7. The number of primary sulfonamides is 1. The molecule has 1 aliphatic heterocycles. The van der Waals surface area contributed by atoms with Gasteiger partial charge in [-0.05, 0) is 75.0 Å². The van der Waals surface area contributed by atoms with Gasteiger partial charge >= 0.3 is 6.18 Å². The molecule has 2 saturated carbocycles. The van der Waals surface area contributed by atoms with Crippen LogP contribution in [0.1, 0.15) is 19.0 Å². The van der Waals surface area contributed by atoms with Crippen molar-refractivity contribution in [1.82, 2.24) is 14.8 Å². The highest BCUT2D eigenvalue weighted by Crippen LogP contribution is 2.68. The second-order valence-electron chi connectivity index (χ2n) is 11.9. The smallest absolute Gasteiger partial charge is 0.406 e. The van der Waals surface area contributed by atoms with Crippen LogP contribution >= 0.6 is 0 Å². The largest absolute Gasteiger partial charge is 0.495 e. The number of hydrogen-bond acceptors (Lipinski definition) is 7. The fourth-order valence-corrected chi connectivity index (χ4v) is 7.70. The van der Waals surface area contributed by atoms with E-state index in [-0.39, 0.29) is 28.4 Å². The Kier molecular flexibility index (Phi) is 7.32. The van der Waals surface area contributed by atoms with E-state index in [0.29, 0.717) is 40.4 Å². The van der Waals surface area contributed by atoms with Crippen LogP contribution in [0.25, 0.3) is 10.9 Å². The van der Waals surface area contributed by atoms with E-state index >= 15 is 0 Å². The number of nitrogens with two attached hydrogens (primary N) is 1. The van der Waals surface area contributed by atoms with E-state index in [4.69, 9.17) is 9.88 Å². The maximum Gasteiger partial charge on any atom is 0.406 e. The molecule has 2 aromatic carbocycles. The van der Waals surface area contributed by atoms with E-state index in [1.54, 1.807) is 18.2 Å². The lowest BCUT2D eigenvalue weighted by atomic mass is 9.66. The minimum absolute atomic E-state index is 0.0788. The van der Waals surface area contributed by atoms with Crippen LogP contribution in [0.5, 0.6) is 5.75 Å². The third-order valence-electron chi connectivity index (χ3n) is 9.19. The molecule has 3 aromatic rings.